The number of fused-ring (bicyclic) bond motifs is 2. The van der Waals surface area contributed by atoms with Gasteiger partial charge in [-0.3, -0.25) is 9.38 Å². The summed E-state index contributed by atoms with van der Waals surface area (Å²) in [5.41, 5.74) is 1.90. The van der Waals surface area contributed by atoms with Crippen LogP contribution in [0.25, 0.3) is 27.9 Å². The predicted molar refractivity (Wildman–Crippen MR) is 101 cm³/mol. The van der Waals surface area contributed by atoms with Crippen LogP contribution in [0.4, 0.5) is 4.39 Å². The Morgan fingerprint density at radius 2 is 2.07 bits per heavy atom. The Labute approximate surface area is 163 Å². The molecule has 0 spiro atoms. The van der Waals surface area contributed by atoms with E-state index >= 15 is 0 Å². The maximum atomic E-state index is 14.5. The summed E-state index contributed by atoms with van der Waals surface area (Å²) in [7, 11) is 0. The van der Waals surface area contributed by atoms with Crippen molar-refractivity contribution in [3.8, 4) is 22.8 Å². The number of ether oxygens (including phenoxy) is 1. The molecule has 0 radical (unpaired) electrons. The number of benzene rings is 1. The monoisotopic (exact) mass is 391 g/mol. The number of phenols is 1. The zero-order valence-electron chi connectivity index (χ0n) is 15.2. The number of pyridine rings is 2. The topological polar surface area (TPSA) is 98.6 Å². The Morgan fingerprint density at radius 3 is 2.90 bits per heavy atom. The van der Waals surface area contributed by atoms with Gasteiger partial charge >= 0.3 is 0 Å². The second-order valence-corrected chi connectivity index (χ2v) is 6.52. The summed E-state index contributed by atoms with van der Waals surface area (Å²) in [6.07, 6.45) is 3.27. The highest BCUT2D eigenvalue weighted by Gasteiger charge is 2.15. The van der Waals surface area contributed by atoms with Crippen LogP contribution < -0.4 is 4.74 Å². The predicted octanol–water partition coefficient (Wildman–Crippen LogP) is 3.66. The van der Waals surface area contributed by atoms with Gasteiger partial charge in [-0.05, 0) is 31.2 Å². The number of aromatic nitrogens is 5. The zero-order valence-corrected chi connectivity index (χ0v) is 15.2. The highest BCUT2D eigenvalue weighted by atomic mass is 19.1. The molecule has 0 saturated heterocycles. The molecule has 0 fully saturated rings. The van der Waals surface area contributed by atoms with Gasteiger partial charge < -0.3 is 14.4 Å². The average Bonchev–Trinajstić information content (AvgIpc) is 3.32. The molecule has 144 valence electrons. The largest absolute Gasteiger partial charge is 0.508 e. The van der Waals surface area contributed by atoms with Crippen LogP contribution >= 0.6 is 0 Å². The van der Waals surface area contributed by atoms with E-state index in [1.807, 2.05) is 0 Å². The van der Waals surface area contributed by atoms with Crippen LogP contribution in [0.1, 0.15) is 11.5 Å². The molecule has 0 unspecified atom stereocenters. The quantitative estimate of drug-likeness (QED) is 0.499. The third kappa shape index (κ3) is 3.02. The summed E-state index contributed by atoms with van der Waals surface area (Å²) in [5.74, 6) is 1.02. The summed E-state index contributed by atoms with van der Waals surface area (Å²) in [6.45, 7) is 1.85. The van der Waals surface area contributed by atoms with Gasteiger partial charge in [-0.25, -0.2) is 4.39 Å². The Bertz CT molecular complexity index is 1360. The van der Waals surface area contributed by atoms with Crippen molar-refractivity contribution in [1.29, 1.82) is 0 Å². The zero-order chi connectivity index (χ0) is 20.0. The van der Waals surface area contributed by atoms with Crippen LogP contribution in [0.3, 0.4) is 0 Å². The lowest BCUT2D eigenvalue weighted by Gasteiger charge is -2.09. The molecule has 5 aromatic rings. The lowest BCUT2D eigenvalue weighted by Crippen LogP contribution is -2.03. The normalized spacial score (nSPS) is 11.4. The summed E-state index contributed by atoms with van der Waals surface area (Å²) >= 11 is 0. The van der Waals surface area contributed by atoms with Crippen molar-refractivity contribution in [2.75, 3.05) is 0 Å². The van der Waals surface area contributed by atoms with E-state index in [4.69, 9.17) is 9.26 Å². The second-order valence-electron chi connectivity index (χ2n) is 6.52. The first kappa shape index (κ1) is 17.1. The van der Waals surface area contributed by atoms with Crippen molar-refractivity contribution < 1.29 is 18.8 Å². The Kier molecular flexibility index (Phi) is 3.87. The first-order valence-corrected chi connectivity index (χ1v) is 8.76. The van der Waals surface area contributed by atoms with Gasteiger partial charge in [0.15, 0.2) is 23.0 Å². The summed E-state index contributed by atoms with van der Waals surface area (Å²) < 4.78 is 27.2. The maximum Gasteiger partial charge on any atom is 0.197 e. The van der Waals surface area contributed by atoms with Crippen LogP contribution in [0.15, 0.2) is 53.3 Å². The van der Waals surface area contributed by atoms with Gasteiger partial charge in [0.25, 0.3) is 0 Å². The minimum absolute atomic E-state index is 0.0550. The number of halogens is 1. The molecule has 5 rings (SSSR count). The third-order valence-corrected chi connectivity index (χ3v) is 4.49. The van der Waals surface area contributed by atoms with E-state index in [1.165, 1.54) is 10.5 Å². The summed E-state index contributed by atoms with van der Waals surface area (Å²) in [4.78, 5) is 4.22. The van der Waals surface area contributed by atoms with Crippen molar-refractivity contribution in [3.05, 3.63) is 66.1 Å². The molecule has 1 N–H and O–H groups in total. The van der Waals surface area contributed by atoms with Gasteiger partial charge in [0, 0.05) is 35.5 Å². The highest BCUT2D eigenvalue weighted by Crippen LogP contribution is 2.28. The molecule has 1 aromatic carbocycles. The van der Waals surface area contributed by atoms with E-state index in [0.717, 1.165) is 5.39 Å². The van der Waals surface area contributed by atoms with Crippen molar-refractivity contribution >= 4 is 16.6 Å². The first-order valence-electron chi connectivity index (χ1n) is 8.76. The molecular weight excluding hydrogens is 377 g/mol. The van der Waals surface area contributed by atoms with Crippen LogP contribution in [0, 0.1) is 12.7 Å². The molecule has 0 aliphatic carbocycles. The molecule has 4 aromatic heterocycles. The van der Waals surface area contributed by atoms with E-state index in [0.29, 0.717) is 34.1 Å². The van der Waals surface area contributed by atoms with Crippen molar-refractivity contribution in [1.82, 2.24) is 24.7 Å². The molecule has 0 aliphatic heterocycles. The molecule has 0 bridgehead atoms. The van der Waals surface area contributed by atoms with Gasteiger partial charge in [0.2, 0.25) is 0 Å². The van der Waals surface area contributed by atoms with Gasteiger partial charge in [0.05, 0.1) is 11.2 Å². The smallest absolute Gasteiger partial charge is 0.197 e. The molecule has 0 aliphatic rings. The molecule has 0 saturated carbocycles. The number of rotatable bonds is 4. The Morgan fingerprint density at radius 1 is 1.17 bits per heavy atom. The maximum absolute atomic E-state index is 14.5. The lowest BCUT2D eigenvalue weighted by molar-refractivity contribution is 0.298. The molecule has 0 amide bonds. The van der Waals surface area contributed by atoms with Crippen LogP contribution in [-0.2, 0) is 6.61 Å². The van der Waals surface area contributed by atoms with E-state index in [-0.39, 0.29) is 18.0 Å². The van der Waals surface area contributed by atoms with Crippen molar-refractivity contribution in [2.24, 2.45) is 0 Å². The second kappa shape index (κ2) is 6.55. The fourth-order valence-corrected chi connectivity index (χ4v) is 3.11. The number of aryl methyl sites for hydroxylation is 1. The van der Waals surface area contributed by atoms with Crippen LogP contribution in [0.5, 0.6) is 11.5 Å². The van der Waals surface area contributed by atoms with E-state index < -0.39 is 5.82 Å². The molecular formula is C20H14FN5O3. The van der Waals surface area contributed by atoms with Crippen LogP contribution in [0.2, 0.25) is 0 Å². The van der Waals surface area contributed by atoms with Gasteiger partial charge in [-0.2, -0.15) is 0 Å². The van der Waals surface area contributed by atoms with E-state index in [9.17, 15) is 9.50 Å². The summed E-state index contributed by atoms with van der Waals surface area (Å²) in [5, 5.41) is 22.2. The van der Waals surface area contributed by atoms with Gasteiger partial charge in [-0.15, -0.1) is 10.2 Å². The molecule has 0 atom stereocenters. The molecule has 8 nitrogen and oxygen atoms in total. The van der Waals surface area contributed by atoms with E-state index in [2.05, 4.69) is 20.3 Å². The van der Waals surface area contributed by atoms with Gasteiger partial charge in [-0.1, -0.05) is 5.16 Å². The van der Waals surface area contributed by atoms with Crippen LogP contribution in [-0.4, -0.2) is 29.8 Å². The SMILES string of the molecule is Cc1cc(-c2cc(F)c3nnc(COc4ccnc5cc(O)ccc45)n3c2)on1. The Balaban J connectivity index is 1.50. The lowest BCUT2D eigenvalue weighted by atomic mass is 10.2. The molecule has 29 heavy (non-hydrogen) atoms. The highest BCUT2D eigenvalue weighted by molar-refractivity contribution is 5.85. The number of hydrogen-bond acceptors (Lipinski definition) is 7. The standard InChI is InChI=1S/C20H14FN5O3/c1-11-6-18(29-25-11)12-7-15(21)20-24-23-19(26(20)9-12)10-28-17-4-5-22-16-8-13(27)2-3-14(16)17/h2-9,27H,10H2,1H3. The minimum atomic E-state index is -0.528. The summed E-state index contributed by atoms with van der Waals surface area (Å²) in [6, 6.07) is 9.60. The number of nitrogens with zero attached hydrogens (tertiary/aromatic N) is 5. The van der Waals surface area contributed by atoms with Crippen molar-refractivity contribution in [3.63, 3.8) is 0 Å². The molecule has 9 heteroatoms. The van der Waals surface area contributed by atoms with Crippen molar-refractivity contribution in [2.45, 2.75) is 13.5 Å². The minimum Gasteiger partial charge on any atom is -0.508 e. The number of hydrogen-bond donors (Lipinski definition) is 1. The average molecular weight is 391 g/mol. The number of aromatic hydroxyl groups is 1. The molecule has 4 heterocycles. The van der Waals surface area contributed by atoms with E-state index in [1.54, 1.807) is 49.6 Å². The Hall–Kier alpha value is -4.01. The van der Waals surface area contributed by atoms with Gasteiger partial charge in [0.1, 0.15) is 18.1 Å². The number of phenolic OH excluding ortho intramolecular Hbond substituents is 1. The first-order chi connectivity index (χ1) is 14.1. The third-order valence-electron chi connectivity index (χ3n) is 4.49. The fourth-order valence-electron chi connectivity index (χ4n) is 3.11. The fraction of sp³-hybridized carbons (Fsp3) is 0.100.